The zero-order chi connectivity index (χ0) is 15.0. The maximum absolute atomic E-state index is 12.6. The fourth-order valence-corrected chi connectivity index (χ4v) is 1.91. The van der Waals surface area contributed by atoms with Crippen LogP contribution in [0, 0.1) is 0 Å². The van der Waals surface area contributed by atoms with Gasteiger partial charge in [-0.05, 0) is 32.4 Å². The summed E-state index contributed by atoms with van der Waals surface area (Å²) < 4.78 is 5.09. The Morgan fingerprint density at radius 3 is 2.80 bits per heavy atom. The summed E-state index contributed by atoms with van der Waals surface area (Å²) in [5.74, 6) is 0.686. The van der Waals surface area contributed by atoms with Crippen LogP contribution in [0.4, 0.5) is 5.82 Å². The minimum Gasteiger partial charge on any atom is -0.383 e. The zero-order valence-electron chi connectivity index (χ0n) is 12.8. The molecule has 1 amide bonds. The Balaban J connectivity index is 2.89. The summed E-state index contributed by atoms with van der Waals surface area (Å²) in [4.78, 5) is 18.8. The highest BCUT2D eigenvalue weighted by Gasteiger charge is 2.21. The Kier molecular flexibility index (Phi) is 7.01. The molecule has 1 aromatic heterocycles. The van der Waals surface area contributed by atoms with E-state index >= 15 is 0 Å². The molecule has 0 aromatic carbocycles. The van der Waals surface area contributed by atoms with Crippen LogP contribution in [0.25, 0.3) is 0 Å². The Morgan fingerprint density at radius 1 is 1.45 bits per heavy atom. The second-order valence-corrected chi connectivity index (χ2v) is 4.69. The van der Waals surface area contributed by atoms with Gasteiger partial charge in [0.15, 0.2) is 0 Å². The van der Waals surface area contributed by atoms with E-state index in [2.05, 4.69) is 17.2 Å². The van der Waals surface area contributed by atoms with Gasteiger partial charge in [-0.3, -0.25) is 4.79 Å². The number of pyridine rings is 1. The van der Waals surface area contributed by atoms with Crippen molar-refractivity contribution in [3.63, 3.8) is 0 Å². The third-order valence-electron chi connectivity index (χ3n) is 3.25. The lowest BCUT2D eigenvalue weighted by Crippen LogP contribution is -2.40. The molecule has 0 bridgehead atoms. The number of hydrogen-bond acceptors (Lipinski definition) is 4. The number of anilines is 1. The van der Waals surface area contributed by atoms with E-state index in [1.807, 2.05) is 30.9 Å². The minimum atomic E-state index is -0.0452. The van der Waals surface area contributed by atoms with Gasteiger partial charge in [-0.2, -0.15) is 0 Å². The Morgan fingerprint density at radius 2 is 2.20 bits per heavy atom. The molecule has 0 aliphatic rings. The fourth-order valence-electron chi connectivity index (χ4n) is 1.91. The first-order chi connectivity index (χ1) is 9.63. The van der Waals surface area contributed by atoms with Crippen molar-refractivity contribution in [1.82, 2.24) is 9.88 Å². The molecule has 1 heterocycles. The molecule has 0 saturated heterocycles. The van der Waals surface area contributed by atoms with Gasteiger partial charge >= 0.3 is 0 Å². The maximum atomic E-state index is 12.6. The van der Waals surface area contributed by atoms with E-state index in [1.165, 1.54) is 0 Å². The van der Waals surface area contributed by atoms with E-state index in [-0.39, 0.29) is 11.9 Å². The summed E-state index contributed by atoms with van der Waals surface area (Å²) in [6, 6.07) is 5.64. The summed E-state index contributed by atoms with van der Waals surface area (Å²) in [6.45, 7) is 8.01. The Labute approximate surface area is 121 Å². The van der Waals surface area contributed by atoms with Crippen LogP contribution in [0.2, 0.25) is 0 Å². The van der Waals surface area contributed by atoms with Crippen molar-refractivity contribution in [1.29, 1.82) is 0 Å². The number of carbonyl (C=O) groups is 1. The first kappa shape index (κ1) is 16.4. The maximum Gasteiger partial charge on any atom is 0.272 e. The number of ether oxygens (including phenoxy) is 1. The molecule has 0 fully saturated rings. The van der Waals surface area contributed by atoms with Crippen molar-refractivity contribution in [2.75, 3.05) is 32.1 Å². The summed E-state index contributed by atoms with van der Waals surface area (Å²) in [6.07, 6.45) is 0.905. The largest absolute Gasteiger partial charge is 0.383 e. The number of rotatable bonds is 8. The molecule has 5 nitrogen and oxygen atoms in total. The first-order valence-corrected chi connectivity index (χ1v) is 7.14. The number of aromatic nitrogens is 1. The lowest BCUT2D eigenvalue weighted by Gasteiger charge is -2.28. The molecular formula is C15H25N3O2. The average Bonchev–Trinajstić information content (AvgIpc) is 2.47. The molecule has 20 heavy (non-hydrogen) atoms. The summed E-state index contributed by atoms with van der Waals surface area (Å²) in [7, 11) is 1.64. The molecule has 0 spiro atoms. The number of carbonyl (C=O) groups excluding carboxylic acids is 1. The standard InChI is InChI=1S/C15H25N3O2/c1-5-12(3)18(10-11-20-4)15(19)13-8-7-9-14(17-13)16-6-2/h7-9,12H,5-6,10-11H2,1-4H3,(H,16,17). The molecular weight excluding hydrogens is 254 g/mol. The van der Waals surface area contributed by atoms with Crippen LogP contribution in [0.15, 0.2) is 18.2 Å². The van der Waals surface area contributed by atoms with E-state index in [1.54, 1.807) is 13.2 Å². The van der Waals surface area contributed by atoms with Gasteiger partial charge in [0.2, 0.25) is 0 Å². The molecule has 0 aliphatic carbocycles. The lowest BCUT2D eigenvalue weighted by molar-refractivity contribution is 0.0608. The van der Waals surface area contributed by atoms with Gasteiger partial charge in [0, 0.05) is 26.2 Å². The monoisotopic (exact) mass is 279 g/mol. The zero-order valence-corrected chi connectivity index (χ0v) is 12.8. The molecule has 1 atom stereocenters. The van der Waals surface area contributed by atoms with E-state index in [0.717, 1.165) is 18.8 Å². The molecule has 1 aromatic rings. The van der Waals surface area contributed by atoms with Gasteiger partial charge in [-0.25, -0.2) is 4.98 Å². The van der Waals surface area contributed by atoms with Gasteiger partial charge in [0.1, 0.15) is 11.5 Å². The van der Waals surface area contributed by atoms with E-state index in [0.29, 0.717) is 18.8 Å². The quantitative estimate of drug-likeness (QED) is 0.794. The average molecular weight is 279 g/mol. The minimum absolute atomic E-state index is 0.0452. The van der Waals surface area contributed by atoms with Crippen LogP contribution in [-0.2, 0) is 4.74 Å². The predicted molar refractivity (Wildman–Crippen MR) is 81.1 cm³/mol. The van der Waals surface area contributed by atoms with E-state index in [9.17, 15) is 4.79 Å². The molecule has 1 N–H and O–H groups in total. The topological polar surface area (TPSA) is 54.5 Å². The van der Waals surface area contributed by atoms with Crippen LogP contribution < -0.4 is 5.32 Å². The molecule has 5 heteroatoms. The normalized spacial score (nSPS) is 12.0. The molecule has 0 aliphatic heterocycles. The number of amides is 1. The van der Waals surface area contributed by atoms with Crippen molar-refractivity contribution in [3.05, 3.63) is 23.9 Å². The van der Waals surface area contributed by atoms with Crippen molar-refractivity contribution in [3.8, 4) is 0 Å². The lowest BCUT2D eigenvalue weighted by atomic mass is 10.2. The van der Waals surface area contributed by atoms with Gasteiger partial charge in [0.05, 0.1) is 6.61 Å². The number of nitrogens with one attached hydrogen (secondary N) is 1. The van der Waals surface area contributed by atoms with Crippen LogP contribution in [0.1, 0.15) is 37.7 Å². The van der Waals surface area contributed by atoms with E-state index < -0.39 is 0 Å². The second-order valence-electron chi connectivity index (χ2n) is 4.69. The van der Waals surface area contributed by atoms with Gasteiger partial charge in [-0.15, -0.1) is 0 Å². The SMILES string of the molecule is CCNc1cccc(C(=O)N(CCOC)C(C)CC)n1. The second kappa shape index (κ2) is 8.53. The third-order valence-corrected chi connectivity index (χ3v) is 3.25. The van der Waals surface area contributed by atoms with Crippen LogP contribution in [0.3, 0.4) is 0 Å². The Bertz CT molecular complexity index is 423. The summed E-state index contributed by atoms with van der Waals surface area (Å²) in [5, 5.41) is 3.12. The van der Waals surface area contributed by atoms with Crippen molar-refractivity contribution in [2.45, 2.75) is 33.2 Å². The number of hydrogen-bond donors (Lipinski definition) is 1. The van der Waals surface area contributed by atoms with Crippen LogP contribution >= 0.6 is 0 Å². The first-order valence-electron chi connectivity index (χ1n) is 7.14. The fraction of sp³-hybridized carbons (Fsp3) is 0.600. The van der Waals surface area contributed by atoms with Crippen LogP contribution in [0.5, 0.6) is 0 Å². The van der Waals surface area contributed by atoms with Crippen molar-refractivity contribution >= 4 is 11.7 Å². The molecule has 1 unspecified atom stereocenters. The van der Waals surface area contributed by atoms with Crippen LogP contribution in [-0.4, -0.2) is 48.6 Å². The smallest absolute Gasteiger partial charge is 0.272 e. The van der Waals surface area contributed by atoms with Gasteiger partial charge < -0.3 is 15.0 Å². The van der Waals surface area contributed by atoms with Crippen molar-refractivity contribution in [2.24, 2.45) is 0 Å². The molecule has 0 radical (unpaired) electrons. The van der Waals surface area contributed by atoms with Gasteiger partial charge in [-0.1, -0.05) is 13.0 Å². The van der Waals surface area contributed by atoms with Gasteiger partial charge in [0.25, 0.3) is 5.91 Å². The molecule has 112 valence electrons. The Hall–Kier alpha value is -1.62. The highest BCUT2D eigenvalue weighted by molar-refractivity contribution is 5.92. The molecule has 0 saturated carbocycles. The summed E-state index contributed by atoms with van der Waals surface area (Å²) >= 11 is 0. The predicted octanol–water partition coefficient (Wildman–Crippen LogP) is 2.40. The number of methoxy groups -OCH3 is 1. The third kappa shape index (κ3) is 4.49. The number of nitrogens with zero attached hydrogens (tertiary/aromatic N) is 2. The molecule has 1 rings (SSSR count). The summed E-state index contributed by atoms with van der Waals surface area (Å²) in [5.41, 5.74) is 0.472. The highest BCUT2D eigenvalue weighted by Crippen LogP contribution is 2.11. The van der Waals surface area contributed by atoms with Crippen molar-refractivity contribution < 1.29 is 9.53 Å². The van der Waals surface area contributed by atoms with E-state index in [4.69, 9.17) is 4.74 Å². The highest BCUT2D eigenvalue weighted by atomic mass is 16.5.